The fraction of sp³-hybridized carbons (Fsp3) is 0.0364. The average molecular weight is 727 g/mol. The predicted octanol–water partition coefficient (Wildman–Crippen LogP) is 13.2. The van der Waals surface area contributed by atoms with Crippen molar-refractivity contribution in [2.24, 2.45) is 9.98 Å². The zero-order valence-electron chi connectivity index (χ0n) is 31.6. The average Bonchev–Trinajstić information content (AvgIpc) is 3.46. The van der Waals surface area contributed by atoms with E-state index in [1.807, 2.05) is 36.4 Å². The van der Waals surface area contributed by atoms with Gasteiger partial charge in [0.1, 0.15) is 5.70 Å². The van der Waals surface area contributed by atoms with E-state index in [-0.39, 0.29) is 0 Å². The Labute approximate surface area is 334 Å². The lowest BCUT2D eigenvalue weighted by Gasteiger charge is -2.34. The van der Waals surface area contributed by atoms with E-state index >= 15 is 0 Å². The first kappa shape index (κ1) is 34.1. The Morgan fingerprint density at radius 3 is 1.51 bits per heavy atom. The molecule has 0 N–H and O–H groups in total. The van der Waals surface area contributed by atoms with Crippen molar-refractivity contribution >= 4 is 17.2 Å². The molecule has 8 aromatic rings. The van der Waals surface area contributed by atoms with E-state index in [0.717, 1.165) is 44.8 Å². The number of fused-ring (bicyclic) bond motifs is 3. The van der Waals surface area contributed by atoms with E-state index in [1.54, 1.807) is 0 Å². The molecule has 1 aliphatic carbocycles. The molecule has 2 aliphatic rings. The normalized spacial score (nSPS) is 14.0. The first-order valence-corrected chi connectivity index (χ1v) is 19.5. The summed E-state index contributed by atoms with van der Waals surface area (Å²) in [6, 6.07) is 75.9. The first-order valence-electron chi connectivity index (χ1n) is 19.5. The number of nitrogens with zero attached hydrogens (tertiary/aromatic N) is 2. The molecule has 0 saturated heterocycles. The third-order valence-electron chi connectivity index (χ3n) is 11.3. The molecule has 0 atom stereocenters. The van der Waals surface area contributed by atoms with Crippen LogP contribution in [0.15, 0.2) is 234 Å². The largest absolute Gasteiger partial charge is 0.227 e. The molecule has 8 aromatic carbocycles. The second-order valence-electron chi connectivity index (χ2n) is 14.7. The minimum Gasteiger partial charge on any atom is -0.227 e. The summed E-state index contributed by atoms with van der Waals surface area (Å²) < 4.78 is 0. The van der Waals surface area contributed by atoms with Crippen molar-refractivity contribution in [3.8, 4) is 33.4 Å². The summed E-state index contributed by atoms with van der Waals surface area (Å²) in [4.78, 5) is 10.3. The highest BCUT2D eigenvalue weighted by Crippen LogP contribution is 2.56. The maximum atomic E-state index is 5.14. The van der Waals surface area contributed by atoms with Gasteiger partial charge in [0.15, 0.2) is 5.84 Å². The van der Waals surface area contributed by atoms with Crippen molar-refractivity contribution in [3.63, 3.8) is 0 Å². The van der Waals surface area contributed by atoms with Gasteiger partial charge < -0.3 is 0 Å². The van der Waals surface area contributed by atoms with Crippen LogP contribution in [0.25, 0.3) is 39.1 Å². The SMILES string of the molecule is CC1=C=C(c2cccc(-c3ccc(-c4ccc5c(c4)C(c4ccccc4)(c4ccccc4)c4ccccc4-5)cc3)c2)N=C(c2ccccc2)N=C1c1ccccc1. The van der Waals surface area contributed by atoms with Crippen molar-refractivity contribution in [3.05, 3.63) is 263 Å². The van der Waals surface area contributed by atoms with Gasteiger partial charge in [-0.25, -0.2) is 9.98 Å². The number of allylic oxidation sites excluding steroid dienone is 1. The Balaban J connectivity index is 1.04. The third-order valence-corrected chi connectivity index (χ3v) is 11.3. The van der Waals surface area contributed by atoms with Crippen molar-refractivity contribution in [1.82, 2.24) is 0 Å². The molecule has 0 spiro atoms. The number of benzene rings is 8. The van der Waals surface area contributed by atoms with Crippen LogP contribution in [0, 0.1) is 0 Å². The molecular weight excluding hydrogens is 689 g/mol. The summed E-state index contributed by atoms with van der Waals surface area (Å²) in [5, 5.41) is 0. The molecule has 0 aromatic heterocycles. The molecule has 1 heterocycles. The molecule has 0 saturated carbocycles. The van der Waals surface area contributed by atoms with E-state index in [1.165, 1.54) is 44.5 Å². The van der Waals surface area contributed by atoms with Crippen molar-refractivity contribution in [2.75, 3.05) is 0 Å². The van der Waals surface area contributed by atoms with Crippen LogP contribution in [0.2, 0.25) is 0 Å². The van der Waals surface area contributed by atoms with Crippen LogP contribution in [0.4, 0.5) is 0 Å². The summed E-state index contributed by atoms with van der Waals surface area (Å²) in [5.74, 6) is 0.671. The lowest BCUT2D eigenvalue weighted by atomic mass is 9.67. The lowest BCUT2D eigenvalue weighted by molar-refractivity contribution is 0.769. The van der Waals surface area contributed by atoms with Gasteiger partial charge in [-0.3, -0.25) is 0 Å². The zero-order chi connectivity index (χ0) is 38.2. The molecule has 1 aliphatic heterocycles. The van der Waals surface area contributed by atoms with Crippen molar-refractivity contribution in [2.45, 2.75) is 12.3 Å². The summed E-state index contributed by atoms with van der Waals surface area (Å²) in [6.45, 7) is 2.07. The van der Waals surface area contributed by atoms with Gasteiger partial charge in [0.05, 0.1) is 11.1 Å². The highest BCUT2D eigenvalue weighted by atomic mass is 14.9. The maximum absolute atomic E-state index is 5.14. The lowest BCUT2D eigenvalue weighted by Crippen LogP contribution is -2.28. The van der Waals surface area contributed by atoms with Gasteiger partial charge in [0.2, 0.25) is 0 Å². The molecule has 268 valence electrons. The molecule has 0 unspecified atom stereocenters. The van der Waals surface area contributed by atoms with E-state index in [4.69, 9.17) is 9.98 Å². The monoisotopic (exact) mass is 726 g/mol. The smallest absolute Gasteiger partial charge is 0.161 e. The van der Waals surface area contributed by atoms with Gasteiger partial charge in [0.25, 0.3) is 0 Å². The quantitative estimate of drug-likeness (QED) is 0.146. The summed E-state index contributed by atoms with van der Waals surface area (Å²) in [6.07, 6.45) is 0. The summed E-state index contributed by atoms with van der Waals surface area (Å²) in [7, 11) is 0. The molecule has 0 radical (unpaired) electrons. The highest BCUT2D eigenvalue weighted by molar-refractivity contribution is 6.21. The topological polar surface area (TPSA) is 24.7 Å². The number of hydrogen-bond acceptors (Lipinski definition) is 2. The van der Waals surface area contributed by atoms with E-state index < -0.39 is 5.41 Å². The van der Waals surface area contributed by atoms with Crippen LogP contribution in [0.1, 0.15) is 45.9 Å². The van der Waals surface area contributed by atoms with Crippen LogP contribution >= 0.6 is 0 Å². The van der Waals surface area contributed by atoms with Crippen molar-refractivity contribution in [1.29, 1.82) is 0 Å². The van der Waals surface area contributed by atoms with E-state index in [2.05, 4.69) is 189 Å². The predicted molar refractivity (Wildman–Crippen MR) is 237 cm³/mol. The molecule has 10 rings (SSSR count). The summed E-state index contributed by atoms with van der Waals surface area (Å²) >= 11 is 0. The Morgan fingerprint density at radius 1 is 0.368 bits per heavy atom. The standard InChI is InChI=1S/C55H38N2/c1-38-35-52(56-54(42-19-8-3-9-20-42)57-53(38)41-17-6-2-7-18-41)45-22-16-21-43(36-45)39-29-31-40(32-30-39)44-33-34-49-48-27-14-15-28-50(48)55(51(49)37-44,46-23-10-4-11-24-46)47-25-12-5-13-26-47/h2-34,36-37H,1H3. The second kappa shape index (κ2) is 14.4. The minimum absolute atomic E-state index is 0.430. The van der Waals surface area contributed by atoms with Gasteiger partial charge in [-0.2, -0.15) is 0 Å². The maximum Gasteiger partial charge on any atom is 0.161 e. The summed E-state index contributed by atoms with van der Waals surface area (Å²) in [5.41, 5.74) is 21.2. The molecule has 2 heteroatoms. The molecule has 57 heavy (non-hydrogen) atoms. The fourth-order valence-electron chi connectivity index (χ4n) is 8.64. The van der Waals surface area contributed by atoms with Crippen LogP contribution in [-0.2, 0) is 5.41 Å². The third kappa shape index (κ3) is 6.01. The van der Waals surface area contributed by atoms with Gasteiger partial charge >= 0.3 is 0 Å². The van der Waals surface area contributed by atoms with E-state index in [0.29, 0.717) is 5.84 Å². The van der Waals surface area contributed by atoms with Crippen LogP contribution in [0.3, 0.4) is 0 Å². The molecular formula is C55H38N2. The number of rotatable bonds is 7. The van der Waals surface area contributed by atoms with Gasteiger partial charge in [-0.05, 0) is 74.7 Å². The van der Waals surface area contributed by atoms with Gasteiger partial charge in [-0.15, -0.1) is 0 Å². The first-order chi connectivity index (χ1) is 28.2. The minimum atomic E-state index is -0.430. The molecule has 0 fully saturated rings. The highest BCUT2D eigenvalue weighted by Gasteiger charge is 2.46. The van der Waals surface area contributed by atoms with Crippen LogP contribution in [0.5, 0.6) is 0 Å². The van der Waals surface area contributed by atoms with Crippen molar-refractivity contribution < 1.29 is 0 Å². The Kier molecular flexibility index (Phi) is 8.60. The Hall–Kier alpha value is -7.38. The number of aliphatic imine (C=N–C) groups is 2. The van der Waals surface area contributed by atoms with Gasteiger partial charge in [0, 0.05) is 22.3 Å². The van der Waals surface area contributed by atoms with Gasteiger partial charge in [-0.1, -0.05) is 206 Å². The second-order valence-corrected chi connectivity index (χ2v) is 14.7. The molecule has 0 amide bonds. The van der Waals surface area contributed by atoms with E-state index in [9.17, 15) is 0 Å². The Bertz CT molecular complexity index is 2860. The number of amidine groups is 1. The number of hydrogen-bond donors (Lipinski definition) is 0. The molecule has 2 nitrogen and oxygen atoms in total. The fourth-order valence-corrected chi connectivity index (χ4v) is 8.64. The zero-order valence-corrected chi connectivity index (χ0v) is 31.6. The van der Waals surface area contributed by atoms with Crippen LogP contribution < -0.4 is 0 Å². The molecule has 0 bridgehead atoms. The Morgan fingerprint density at radius 2 is 0.860 bits per heavy atom. The van der Waals surface area contributed by atoms with Crippen LogP contribution in [-0.4, -0.2) is 11.5 Å².